The Balaban J connectivity index is 2.22. The number of halogens is 1. The molecule has 0 fully saturated rings. The molecule has 0 spiro atoms. The van der Waals surface area contributed by atoms with E-state index in [0.717, 1.165) is 15.3 Å². The molecule has 2 unspecified atom stereocenters. The van der Waals surface area contributed by atoms with E-state index < -0.39 is 12.2 Å². The summed E-state index contributed by atoms with van der Waals surface area (Å²) in [5.74, 6) is 0.0275. The Morgan fingerprint density at radius 1 is 1.06 bits per heavy atom. The standard InChI is InChI=1S/C13H13ClO2S/c14-8-10(15)13(16)12-7-6-11(17-12)9-4-2-1-3-5-9/h1-7,10,13,15-16H,8H2. The van der Waals surface area contributed by atoms with Gasteiger partial charge in [-0.15, -0.1) is 22.9 Å². The predicted octanol–water partition coefficient (Wildman–Crippen LogP) is 3.05. The van der Waals surface area contributed by atoms with Crippen LogP contribution < -0.4 is 0 Å². The Kier molecular flexibility index (Phi) is 4.18. The van der Waals surface area contributed by atoms with Crippen LogP contribution in [0, 0.1) is 0 Å². The minimum atomic E-state index is -0.918. The lowest BCUT2D eigenvalue weighted by molar-refractivity contribution is 0.0350. The number of aliphatic hydroxyl groups excluding tert-OH is 2. The van der Waals surface area contributed by atoms with Crippen molar-refractivity contribution < 1.29 is 10.2 Å². The summed E-state index contributed by atoms with van der Waals surface area (Å²) in [6.45, 7) is 0. The maximum absolute atomic E-state index is 9.83. The molecular weight excluding hydrogens is 256 g/mol. The van der Waals surface area contributed by atoms with Gasteiger partial charge in [0.2, 0.25) is 0 Å². The van der Waals surface area contributed by atoms with Gasteiger partial charge in [0, 0.05) is 9.75 Å². The Labute approximate surface area is 109 Å². The third-order valence-electron chi connectivity index (χ3n) is 2.50. The number of aliphatic hydroxyl groups is 2. The average Bonchev–Trinajstić information content (AvgIpc) is 2.87. The van der Waals surface area contributed by atoms with E-state index >= 15 is 0 Å². The normalized spacial score (nSPS) is 14.5. The van der Waals surface area contributed by atoms with Crippen LogP contribution in [-0.4, -0.2) is 22.2 Å². The zero-order valence-corrected chi connectivity index (χ0v) is 10.7. The van der Waals surface area contributed by atoms with Crippen LogP contribution in [0.4, 0.5) is 0 Å². The highest BCUT2D eigenvalue weighted by Crippen LogP contribution is 2.32. The van der Waals surface area contributed by atoms with Gasteiger partial charge in [0.05, 0.1) is 12.0 Å². The Morgan fingerprint density at radius 3 is 2.41 bits per heavy atom. The highest BCUT2D eigenvalue weighted by atomic mass is 35.5. The monoisotopic (exact) mass is 268 g/mol. The van der Waals surface area contributed by atoms with E-state index in [1.54, 1.807) is 0 Å². The lowest BCUT2D eigenvalue weighted by Crippen LogP contribution is -2.18. The summed E-state index contributed by atoms with van der Waals surface area (Å²) < 4.78 is 0. The number of thiophene rings is 1. The van der Waals surface area contributed by atoms with E-state index in [1.165, 1.54) is 11.3 Å². The fourth-order valence-corrected chi connectivity index (χ4v) is 2.77. The molecule has 0 bridgehead atoms. The van der Waals surface area contributed by atoms with Gasteiger partial charge in [-0.3, -0.25) is 0 Å². The van der Waals surface area contributed by atoms with Crippen LogP contribution in [-0.2, 0) is 0 Å². The van der Waals surface area contributed by atoms with Gasteiger partial charge in [0.25, 0.3) is 0 Å². The van der Waals surface area contributed by atoms with Gasteiger partial charge < -0.3 is 10.2 Å². The van der Waals surface area contributed by atoms with Crippen molar-refractivity contribution in [2.24, 2.45) is 0 Å². The molecule has 2 atom stereocenters. The van der Waals surface area contributed by atoms with Crippen LogP contribution in [0.3, 0.4) is 0 Å². The molecule has 0 amide bonds. The molecule has 2 rings (SSSR count). The van der Waals surface area contributed by atoms with Crippen molar-refractivity contribution in [1.29, 1.82) is 0 Å². The highest BCUT2D eigenvalue weighted by Gasteiger charge is 2.19. The Bertz CT molecular complexity index is 469. The third kappa shape index (κ3) is 2.87. The zero-order valence-electron chi connectivity index (χ0n) is 9.08. The quantitative estimate of drug-likeness (QED) is 0.837. The highest BCUT2D eigenvalue weighted by molar-refractivity contribution is 7.15. The van der Waals surface area contributed by atoms with Crippen LogP contribution in [0.2, 0.25) is 0 Å². The largest absolute Gasteiger partial charge is 0.389 e. The number of hydrogen-bond donors (Lipinski definition) is 2. The first-order valence-electron chi connectivity index (χ1n) is 5.29. The van der Waals surface area contributed by atoms with Crippen molar-refractivity contribution in [2.45, 2.75) is 12.2 Å². The number of alkyl halides is 1. The minimum absolute atomic E-state index is 0.0275. The Hall–Kier alpha value is -0.870. The summed E-state index contributed by atoms with van der Waals surface area (Å²) in [7, 11) is 0. The second-order valence-electron chi connectivity index (χ2n) is 3.73. The van der Waals surface area contributed by atoms with Gasteiger partial charge in [-0.25, -0.2) is 0 Å². The first-order valence-corrected chi connectivity index (χ1v) is 6.64. The van der Waals surface area contributed by atoms with Gasteiger partial charge in [-0.2, -0.15) is 0 Å². The lowest BCUT2D eigenvalue weighted by Gasteiger charge is -2.12. The van der Waals surface area contributed by atoms with E-state index in [1.807, 2.05) is 42.5 Å². The molecule has 0 saturated carbocycles. The smallest absolute Gasteiger partial charge is 0.115 e. The fraction of sp³-hybridized carbons (Fsp3) is 0.231. The minimum Gasteiger partial charge on any atom is -0.389 e. The summed E-state index contributed by atoms with van der Waals surface area (Å²) >= 11 is 6.98. The maximum Gasteiger partial charge on any atom is 0.115 e. The summed E-state index contributed by atoms with van der Waals surface area (Å²) in [6, 6.07) is 13.7. The zero-order chi connectivity index (χ0) is 12.3. The number of rotatable bonds is 4. The van der Waals surface area contributed by atoms with Gasteiger partial charge in [0.1, 0.15) is 6.10 Å². The molecule has 90 valence electrons. The molecular formula is C13H13ClO2S. The molecule has 0 radical (unpaired) electrons. The van der Waals surface area contributed by atoms with E-state index in [9.17, 15) is 10.2 Å². The van der Waals surface area contributed by atoms with Crippen LogP contribution in [0.15, 0.2) is 42.5 Å². The van der Waals surface area contributed by atoms with Crippen molar-refractivity contribution >= 4 is 22.9 Å². The molecule has 4 heteroatoms. The first kappa shape index (κ1) is 12.6. The topological polar surface area (TPSA) is 40.5 Å². The lowest BCUT2D eigenvalue weighted by atomic mass is 10.2. The van der Waals surface area contributed by atoms with E-state index in [4.69, 9.17) is 11.6 Å². The van der Waals surface area contributed by atoms with Crippen molar-refractivity contribution in [2.75, 3.05) is 5.88 Å². The van der Waals surface area contributed by atoms with Crippen LogP contribution in [0.1, 0.15) is 11.0 Å². The average molecular weight is 269 g/mol. The van der Waals surface area contributed by atoms with Crippen molar-refractivity contribution in [1.82, 2.24) is 0 Å². The molecule has 1 aromatic heterocycles. The van der Waals surface area contributed by atoms with Crippen LogP contribution in [0.5, 0.6) is 0 Å². The molecule has 17 heavy (non-hydrogen) atoms. The molecule has 1 heterocycles. The molecule has 0 aliphatic heterocycles. The molecule has 2 aromatic rings. The van der Waals surface area contributed by atoms with E-state index in [0.29, 0.717) is 0 Å². The van der Waals surface area contributed by atoms with Crippen molar-refractivity contribution in [3.63, 3.8) is 0 Å². The summed E-state index contributed by atoms with van der Waals surface area (Å²) in [5, 5.41) is 19.3. The first-order chi connectivity index (χ1) is 8.22. The molecule has 2 nitrogen and oxygen atoms in total. The van der Waals surface area contributed by atoms with E-state index in [-0.39, 0.29) is 5.88 Å². The summed E-state index contributed by atoms with van der Waals surface area (Å²) in [6.07, 6.45) is -1.83. The predicted molar refractivity (Wildman–Crippen MR) is 71.4 cm³/mol. The molecule has 0 aliphatic carbocycles. The second-order valence-corrected chi connectivity index (χ2v) is 5.16. The van der Waals surface area contributed by atoms with Crippen molar-refractivity contribution in [3.05, 3.63) is 47.3 Å². The van der Waals surface area contributed by atoms with E-state index in [2.05, 4.69) is 0 Å². The second kappa shape index (κ2) is 5.65. The third-order valence-corrected chi connectivity index (χ3v) is 4.02. The number of hydrogen-bond acceptors (Lipinski definition) is 3. The SMILES string of the molecule is OC(CCl)C(O)c1ccc(-c2ccccc2)s1. The van der Waals surface area contributed by atoms with Gasteiger partial charge in [0.15, 0.2) is 0 Å². The molecule has 0 saturated heterocycles. The summed E-state index contributed by atoms with van der Waals surface area (Å²) in [5.41, 5.74) is 1.11. The molecule has 0 aliphatic rings. The van der Waals surface area contributed by atoms with Gasteiger partial charge in [-0.1, -0.05) is 30.3 Å². The van der Waals surface area contributed by atoms with Crippen LogP contribution in [0.25, 0.3) is 10.4 Å². The summed E-state index contributed by atoms with van der Waals surface area (Å²) in [4.78, 5) is 1.80. The van der Waals surface area contributed by atoms with Gasteiger partial charge in [-0.05, 0) is 17.7 Å². The van der Waals surface area contributed by atoms with Gasteiger partial charge >= 0.3 is 0 Å². The fourth-order valence-electron chi connectivity index (χ4n) is 1.54. The Morgan fingerprint density at radius 2 is 1.76 bits per heavy atom. The van der Waals surface area contributed by atoms with Crippen molar-refractivity contribution in [3.8, 4) is 10.4 Å². The van der Waals surface area contributed by atoms with Crippen LogP contribution >= 0.6 is 22.9 Å². The number of benzene rings is 1. The molecule has 2 N–H and O–H groups in total. The maximum atomic E-state index is 9.83. The molecule has 1 aromatic carbocycles.